The molecule has 0 radical (unpaired) electrons. The van der Waals surface area contributed by atoms with Gasteiger partial charge in [0.05, 0.1) is 11.3 Å². The summed E-state index contributed by atoms with van der Waals surface area (Å²) in [7, 11) is 0. The van der Waals surface area contributed by atoms with Crippen molar-refractivity contribution in [2.75, 3.05) is 13.1 Å². The number of amidine groups is 3. The van der Waals surface area contributed by atoms with Crippen molar-refractivity contribution in [3.63, 3.8) is 0 Å². The monoisotopic (exact) mass is 450 g/mol. The maximum atomic E-state index is 14.4. The van der Waals surface area contributed by atoms with Gasteiger partial charge in [-0.25, -0.2) is 4.39 Å². The number of aromatic nitrogens is 1. The molecule has 1 saturated heterocycles. The number of benzene rings is 1. The van der Waals surface area contributed by atoms with Crippen LogP contribution in [0.3, 0.4) is 0 Å². The van der Waals surface area contributed by atoms with Gasteiger partial charge >= 0.3 is 0 Å². The van der Waals surface area contributed by atoms with Crippen LogP contribution in [0.2, 0.25) is 0 Å². The van der Waals surface area contributed by atoms with Gasteiger partial charge in [-0.3, -0.25) is 10.2 Å². The van der Waals surface area contributed by atoms with E-state index >= 15 is 0 Å². The van der Waals surface area contributed by atoms with Crippen LogP contribution in [0.5, 0.6) is 0 Å². The zero-order valence-electron chi connectivity index (χ0n) is 17.9. The highest BCUT2D eigenvalue weighted by atomic mass is 32.2. The lowest BCUT2D eigenvalue weighted by atomic mass is 10.1. The zero-order valence-corrected chi connectivity index (χ0v) is 18.7. The highest BCUT2D eigenvalue weighted by Crippen LogP contribution is 2.31. The van der Waals surface area contributed by atoms with Crippen molar-refractivity contribution in [3.05, 3.63) is 58.7 Å². The van der Waals surface area contributed by atoms with Gasteiger partial charge in [-0.05, 0) is 74.7 Å². The summed E-state index contributed by atoms with van der Waals surface area (Å²) in [6, 6.07) is 8.46. The molecular weight excluding hydrogens is 427 g/mol. The number of hydrazone groups is 1. The molecule has 1 fully saturated rings. The predicted molar refractivity (Wildman–Crippen MR) is 126 cm³/mol. The maximum Gasteiger partial charge on any atom is 0.283 e. The van der Waals surface area contributed by atoms with Crippen LogP contribution in [0, 0.1) is 25.1 Å². The average Bonchev–Trinajstić information content (AvgIpc) is 3.33. The molecule has 0 aliphatic carbocycles. The fourth-order valence-electron chi connectivity index (χ4n) is 4.29. The van der Waals surface area contributed by atoms with Crippen LogP contribution < -0.4 is 0 Å². The lowest BCUT2D eigenvalue weighted by molar-refractivity contribution is -0.114. The van der Waals surface area contributed by atoms with Crippen molar-refractivity contribution < 1.29 is 9.18 Å². The van der Waals surface area contributed by atoms with Crippen LogP contribution in [0.1, 0.15) is 36.2 Å². The summed E-state index contributed by atoms with van der Waals surface area (Å²) >= 11 is 1.34. The first kappa shape index (κ1) is 20.7. The van der Waals surface area contributed by atoms with Gasteiger partial charge in [0, 0.05) is 24.5 Å². The Hall–Kier alpha value is -3.20. The van der Waals surface area contributed by atoms with Gasteiger partial charge in [0.15, 0.2) is 11.0 Å². The van der Waals surface area contributed by atoms with E-state index in [1.54, 1.807) is 24.3 Å². The van der Waals surface area contributed by atoms with Crippen LogP contribution in [-0.2, 0) is 4.79 Å². The van der Waals surface area contributed by atoms with Crippen molar-refractivity contribution >= 4 is 39.9 Å². The van der Waals surface area contributed by atoms with Crippen LogP contribution >= 0.6 is 11.8 Å². The Morgan fingerprint density at radius 3 is 2.62 bits per heavy atom. The molecule has 2 aromatic rings. The molecule has 0 unspecified atom stereocenters. The highest BCUT2D eigenvalue weighted by Gasteiger charge is 2.37. The number of fused-ring (bicyclic) bond motifs is 1. The first-order chi connectivity index (χ1) is 15.4. The van der Waals surface area contributed by atoms with E-state index in [0.717, 1.165) is 48.1 Å². The molecule has 1 amide bonds. The number of para-hydroxylation sites is 1. The summed E-state index contributed by atoms with van der Waals surface area (Å²) in [5.74, 6) is -0.771. The van der Waals surface area contributed by atoms with Gasteiger partial charge in [0.1, 0.15) is 5.82 Å². The lowest BCUT2D eigenvalue weighted by Crippen LogP contribution is -2.35. The van der Waals surface area contributed by atoms with E-state index in [0.29, 0.717) is 10.9 Å². The van der Waals surface area contributed by atoms with E-state index in [9.17, 15) is 9.18 Å². The number of hydrogen-bond acceptors (Lipinski definition) is 5. The molecule has 4 heterocycles. The van der Waals surface area contributed by atoms with Crippen LogP contribution in [0.4, 0.5) is 4.39 Å². The molecule has 0 saturated carbocycles. The Morgan fingerprint density at radius 2 is 1.88 bits per heavy atom. The number of aliphatic imine (C=N–C) groups is 1. The summed E-state index contributed by atoms with van der Waals surface area (Å²) < 4.78 is 16.2. The smallest absolute Gasteiger partial charge is 0.283 e. The van der Waals surface area contributed by atoms with Crippen molar-refractivity contribution in [2.24, 2.45) is 10.1 Å². The number of carbonyl (C=O) groups excluding carboxylic acids is 1. The van der Waals surface area contributed by atoms with Crippen LogP contribution in [-0.4, -0.2) is 49.6 Å². The summed E-state index contributed by atoms with van der Waals surface area (Å²) in [6.07, 6.45) is 5.10. The van der Waals surface area contributed by atoms with Gasteiger partial charge in [-0.2, -0.15) is 10.0 Å². The van der Waals surface area contributed by atoms with Crippen LogP contribution in [0.15, 0.2) is 46.0 Å². The summed E-state index contributed by atoms with van der Waals surface area (Å²) in [4.78, 5) is 19.2. The second-order valence-corrected chi connectivity index (χ2v) is 9.00. The Morgan fingerprint density at radius 1 is 1.12 bits per heavy atom. The highest BCUT2D eigenvalue weighted by molar-refractivity contribution is 8.26. The minimum Gasteiger partial charge on any atom is -0.349 e. The van der Waals surface area contributed by atoms with E-state index in [2.05, 4.69) is 15.0 Å². The normalized spacial score (nSPS) is 20.0. The molecule has 0 bridgehead atoms. The fraction of sp³-hybridized carbons (Fsp3) is 0.304. The predicted octanol–water partition coefficient (Wildman–Crippen LogP) is 4.30. The van der Waals surface area contributed by atoms with Crippen LogP contribution in [0.25, 0.3) is 11.8 Å². The standard InChI is InChI=1S/C23H23FN6OS/c1-14-12-16(15(2)29(14)19-9-5-4-8-18(19)24)13-17-20(25)30-22(26-21(17)31)32-23(27-30)28-10-6-3-7-11-28/h4-5,8-9,12-13,25H,3,6-7,10-11H2,1-2H3/b17-13-,25-20?. The first-order valence-electron chi connectivity index (χ1n) is 10.6. The lowest BCUT2D eigenvalue weighted by Gasteiger charge is -2.26. The molecule has 1 aromatic heterocycles. The van der Waals surface area contributed by atoms with Gasteiger partial charge in [0.2, 0.25) is 5.17 Å². The molecule has 1 aromatic carbocycles. The number of likely N-dealkylation sites (tertiary alicyclic amines) is 1. The van der Waals surface area contributed by atoms with Crippen molar-refractivity contribution in [2.45, 2.75) is 33.1 Å². The number of piperidine rings is 1. The van der Waals surface area contributed by atoms with Crippen molar-refractivity contribution in [1.82, 2.24) is 14.5 Å². The van der Waals surface area contributed by atoms with Crippen molar-refractivity contribution in [1.29, 1.82) is 5.41 Å². The van der Waals surface area contributed by atoms with E-state index in [4.69, 9.17) is 5.41 Å². The summed E-state index contributed by atoms with van der Waals surface area (Å²) in [6.45, 7) is 5.62. The molecule has 164 valence electrons. The van der Waals surface area contributed by atoms with E-state index < -0.39 is 5.91 Å². The molecular formula is C23H23FN6OS. The molecule has 9 heteroatoms. The maximum absolute atomic E-state index is 14.4. The molecule has 7 nitrogen and oxygen atoms in total. The summed E-state index contributed by atoms with van der Waals surface area (Å²) in [5.41, 5.74) is 2.98. The Kier molecular flexibility index (Phi) is 5.21. The third-order valence-electron chi connectivity index (χ3n) is 5.93. The Bertz CT molecular complexity index is 1220. The fourth-order valence-corrected chi connectivity index (χ4v) is 5.23. The topological polar surface area (TPSA) is 77.1 Å². The minimum atomic E-state index is -0.459. The first-order valence-corrected chi connectivity index (χ1v) is 11.4. The number of aryl methyl sites for hydroxylation is 1. The van der Waals surface area contributed by atoms with E-state index in [1.165, 1.54) is 29.3 Å². The van der Waals surface area contributed by atoms with Gasteiger partial charge < -0.3 is 9.47 Å². The number of nitrogens with one attached hydrogen (secondary N) is 1. The van der Waals surface area contributed by atoms with E-state index in [-0.39, 0.29) is 17.2 Å². The average molecular weight is 451 g/mol. The third kappa shape index (κ3) is 3.46. The Balaban J connectivity index is 1.49. The largest absolute Gasteiger partial charge is 0.349 e. The SMILES string of the molecule is Cc1cc(/C=C2/C(=N)N3N=C(N4CCCCC4)SC3=NC2=O)c(C)n1-c1ccccc1F. The van der Waals surface area contributed by atoms with Crippen molar-refractivity contribution in [3.8, 4) is 5.69 Å². The molecule has 3 aliphatic heterocycles. The molecule has 32 heavy (non-hydrogen) atoms. The second kappa shape index (κ2) is 8.05. The third-order valence-corrected chi connectivity index (χ3v) is 6.90. The number of halogens is 1. The number of nitrogens with zero attached hydrogens (tertiary/aromatic N) is 5. The molecule has 5 rings (SSSR count). The minimum absolute atomic E-state index is 0.00945. The Labute approximate surface area is 189 Å². The summed E-state index contributed by atoms with van der Waals surface area (Å²) in [5, 5.41) is 15.9. The number of amides is 1. The molecule has 0 atom stereocenters. The van der Waals surface area contributed by atoms with E-state index in [1.807, 2.05) is 24.5 Å². The number of thioether (sulfide) groups is 1. The molecule has 1 N–H and O–H groups in total. The number of carbonyl (C=O) groups is 1. The van der Waals surface area contributed by atoms with Gasteiger partial charge in [-0.1, -0.05) is 12.1 Å². The quantitative estimate of drug-likeness (QED) is 0.693. The number of rotatable bonds is 2. The molecule has 3 aliphatic rings. The second-order valence-electron chi connectivity index (χ2n) is 8.06. The number of hydrogen-bond donors (Lipinski definition) is 1. The molecule has 0 spiro atoms. The zero-order chi connectivity index (χ0) is 22.4. The van der Waals surface area contributed by atoms with Gasteiger partial charge in [-0.15, -0.1) is 5.10 Å². The van der Waals surface area contributed by atoms with Gasteiger partial charge in [0.25, 0.3) is 5.91 Å².